The molecular formula is C16H14F8N2O2S3. The largest absolute Gasteiger partial charge is 0.303 e. The van der Waals surface area contributed by atoms with E-state index in [9.17, 15) is 44.7 Å². The SMILES string of the molecule is O=CC1C(F)C(F)C(Sc2nnc(SC3C(F)C(F)C(C=O)C(F)C3F)s2)C(F)C1F. The van der Waals surface area contributed by atoms with Gasteiger partial charge in [0.05, 0.1) is 22.3 Å². The van der Waals surface area contributed by atoms with Crippen molar-refractivity contribution in [2.75, 3.05) is 0 Å². The normalized spacial score (nSPS) is 45.9. The van der Waals surface area contributed by atoms with Crippen LogP contribution in [-0.2, 0) is 9.59 Å². The predicted molar refractivity (Wildman–Crippen MR) is 97.5 cm³/mol. The van der Waals surface area contributed by atoms with E-state index in [0.29, 0.717) is 34.9 Å². The number of carbonyl (C=O) groups excluding carboxylic acids is 2. The molecule has 31 heavy (non-hydrogen) atoms. The highest BCUT2D eigenvalue weighted by molar-refractivity contribution is 8.03. The molecule has 0 saturated heterocycles. The van der Waals surface area contributed by atoms with E-state index in [1.807, 2.05) is 0 Å². The first-order chi connectivity index (χ1) is 14.6. The number of nitrogens with zero attached hydrogens (tertiary/aromatic N) is 2. The zero-order valence-electron chi connectivity index (χ0n) is 15.0. The second kappa shape index (κ2) is 9.89. The van der Waals surface area contributed by atoms with E-state index in [2.05, 4.69) is 10.2 Å². The fourth-order valence-corrected chi connectivity index (χ4v) is 7.12. The third-order valence-corrected chi connectivity index (χ3v) is 8.86. The molecule has 8 atom stereocenters. The smallest absolute Gasteiger partial charge is 0.175 e. The Balaban J connectivity index is 1.71. The van der Waals surface area contributed by atoms with Gasteiger partial charge >= 0.3 is 0 Å². The number of aldehydes is 2. The number of aromatic nitrogens is 2. The van der Waals surface area contributed by atoms with Gasteiger partial charge in [-0.2, -0.15) is 0 Å². The van der Waals surface area contributed by atoms with E-state index in [4.69, 9.17) is 0 Å². The molecule has 1 heterocycles. The number of hydrogen-bond donors (Lipinski definition) is 0. The predicted octanol–water partition coefficient (Wildman–Crippen LogP) is 3.82. The molecule has 2 fully saturated rings. The second-order valence-electron chi connectivity index (χ2n) is 6.98. The highest BCUT2D eigenvalue weighted by Crippen LogP contribution is 2.46. The quantitative estimate of drug-likeness (QED) is 0.425. The van der Waals surface area contributed by atoms with Gasteiger partial charge < -0.3 is 9.59 Å². The second-order valence-corrected chi connectivity index (χ2v) is 10.8. The van der Waals surface area contributed by atoms with Crippen molar-refractivity contribution >= 4 is 47.4 Å². The first-order valence-corrected chi connectivity index (χ1v) is 11.4. The number of thioether (sulfide) groups is 2. The van der Waals surface area contributed by atoms with Gasteiger partial charge in [-0.25, -0.2) is 35.1 Å². The fraction of sp³-hybridized carbons (Fsp3) is 0.750. The number of halogens is 8. The van der Waals surface area contributed by atoms with Crippen molar-refractivity contribution in [3.63, 3.8) is 0 Å². The van der Waals surface area contributed by atoms with Crippen LogP contribution in [0.15, 0.2) is 8.68 Å². The Labute approximate surface area is 182 Å². The van der Waals surface area contributed by atoms with Crippen LogP contribution < -0.4 is 0 Å². The molecule has 1 aromatic heterocycles. The molecule has 1 aromatic rings. The molecule has 2 aliphatic carbocycles. The van der Waals surface area contributed by atoms with Crippen LogP contribution in [0.25, 0.3) is 0 Å². The summed E-state index contributed by atoms with van der Waals surface area (Å²) in [5.74, 6) is -4.18. The molecule has 2 saturated carbocycles. The van der Waals surface area contributed by atoms with Gasteiger partial charge in [0.25, 0.3) is 0 Å². The van der Waals surface area contributed by atoms with E-state index in [1.165, 1.54) is 0 Å². The Morgan fingerprint density at radius 1 is 0.581 bits per heavy atom. The molecule has 0 N–H and O–H groups in total. The van der Waals surface area contributed by atoms with Crippen molar-refractivity contribution in [3.8, 4) is 0 Å². The molecule has 0 radical (unpaired) electrons. The maximum absolute atomic E-state index is 14.2. The van der Waals surface area contributed by atoms with Gasteiger partial charge in [0, 0.05) is 0 Å². The summed E-state index contributed by atoms with van der Waals surface area (Å²) in [5, 5.41) is 3.26. The lowest BCUT2D eigenvalue weighted by atomic mass is 9.84. The van der Waals surface area contributed by atoms with E-state index >= 15 is 0 Å². The van der Waals surface area contributed by atoms with Crippen LogP contribution in [0.5, 0.6) is 0 Å². The topological polar surface area (TPSA) is 59.9 Å². The van der Waals surface area contributed by atoms with Crippen LogP contribution in [0.2, 0.25) is 0 Å². The number of hydrogen-bond acceptors (Lipinski definition) is 7. The molecule has 15 heteroatoms. The van der Waals surface area contributed by atoms with Gasteiger partial charge in [-0.05, 0) is 0 Å². The maximum Gasteiger partial charge on any atom is 0.175 e. The van der Waals surface area contributed by atoms with Crippen LogP contribution >= 0.6 is 34.9 Å². The van der Waals surface area contributed by atoms with Gasteiger partial charge in [-0.3, -0.25) is 0 Å². The number of alkyl halides is 8. The zero-order chi connectivity index (χ0) is 23.0. The van der Waals surface area contributed by atoms with Crippen LogP contribution in [-0.4, -0.2) is 82.6 Å². The van der Waals surface area contributed by atoms with Gasteiger partial charge in [-0.15, -0.1) is 10.2 Å². The summed E-state index contributed by atoms with van der Waals surface area (Å²) in [6, 6.07) is 0. The molecule has 4 nitrogen and oxygen atoms in total. The van der Waals surface area contributed by atoms with Crippen molar-refractivity contribution in [1.29, 1.82) is 0 Å². The van der Waals surface area contributed by atoms with E-state index < -0.39 is 71.7 Å². The van der Waals surface area contributed by atoms with Crippen molar-refractivity contribution in [1.82, 2.24) is 10.2 Å². The third kappa shape index (κ3) is 4.59. The average molecular weight is 514 g/mol. The third-order valence-electron chi connectivity index (χ3n) is 5.12. The summed E-state index contributed by atoms with van der Waals surface area (Å²) in [6.45, 7) is 0. The molecule has 8 unspecified atom stereocenters. The van der Waals surface area contributed by atoms with Crippen molar-refractivity contribution in [2.45, 2.75) is 68.6 Å². The Bertz CT molecular complexity index is 701. The Morgan fingerprint density at radius 3 is 1.13 bits per heavy atom. The standard InChI is InChI=1S/C16H14F8N2O2S3/c17-5-3(1-27)6(18)10(22)13(9(5)21)29-15-25-26-16(31-15)30-14-11(23)7(19)4(2-28)8(20)12(14)24/h1-14H. The molecule has 0 aromatic carbocycles. The lowest BCUT2D eigenvalue weighted by Gasteiger charge is -2.36. The van der Waals surface area contributed by atoms with Gasteiger partial charge in [0.2, 0.25) is 0 Å². The minimum Gasteiger partial charge on any atom is -0.303 e. The lowest BCUT2D eigenvalue weighted by Crippen LogP contribution is -2.54. The summed E-state index contributed by atoms with van der Waals surface area (Å²) in [7, 11) is 0. The molecule has 0 amide bonds. The Morgan fingerprint density at radius 2 is 0.871 bits per heavy atom. The highest BCUT2D eigenvalue weighted by atomic mass is 32.2. The Hall–Kier alpha value is -0.960. The van der Waals surface area contributed by atoms with Gasteiger partial charge in [0.1, 0.15) is 61.9 Å². The van der Waals surface area contributed by atoms with Crippen LogP contribution in [0.3, 0.4) is 0 Å². The maximum atomic E-state index is 14.2. The highest BCUT2D eigenvalue weighted by Gasteiger charge is 2.55. The molecule has 0 spiro atoms. The van der Waals surface area contributed by atoms with Gasteiger partial charge in [0.15, 0.2) is 8.68 Å². The molecule has 0 bridgehead atoms. The zero-order valence-corrected chi connectivity index (χ0v) is 17.5. The van der Waals surface area contributed by atoms with Crippen molar-refractivity contribution in [2.24, 2.45) is 11.8 Å². The van der Waals surface area contributed by atoms with E-state index in [0.717, 1.165) is 0 Å². The minimum absolute atomic E-state index is 0.189. The molecule has 2 aliphatic rings. The Kier molecular flexibility index (Phi) is 7.88. The summed E-state index contributed by atoms with van der Waals surface area (Å²) in [4.78, 5) is 21.4. The number of carbonyl (C=O) groups is 2. The molecule has 3 rings (SSSR count). The van der Waals surface area contributed by atoms with Gasteiger partial charge in [-0.1, -0.05) is 34.9 Å². The summed E-state index contributed by atoms with van der Waals surface area (Å²) in [5.41, 5.74) is 0. The van der Waals surface area contributed by atoms with Crippen LogP contribution in [0, 0.1) is 11.8 Å². The summed E-state index contributed by atoms with van der Waals surface area (Å²) in [6.07, 6.45) is -20.8. The summed E-state index contributed by atoms with van der Waals surface area (Å²) >= 11 is 1.14. The van der Waals surface area contributed by atoms with E-state index in [-0.39, 0.29) is 21.3 Å². The summed E-state index contributed by atoms with van der Waals surface area (Å²) < 4.78 is 112. The average Bonchev–Trinajstić information content (AvgIpc) is 3.19. The van der Waals surface area contributed by atoms with Crippen molar-refractivity contribution in [3.05, 3.63) is 0 Å². The van der Waals surface area contributed by atoms with Crippen LogP contribution in [0.4, 0.5) is 35.1 Å². The monoisotopic (exact) mass is 514 g/mol. The fourth-order valence-electron chi connectivity index (χ4n) is 3.36. The molecule has 174 valence electrons. The molecule has 0 aliphatic heterocycles. The van der Waals surface area contributed by atoms with Crippen LogP contribution in [0.1, 0.15) is 0 Å². The van der Waals surface area contributed by atoms with E-state index in [1.54, 1.807) is 0 Å². The first kappa shape index (κ1) is 24.7. The minimum atomic E-state index is -2.57. The first-order valence-electron chi connectivity index (χ1n) is 8.82. The molecular weight excluding hydrogens is 500 g/mol. The van der Waals surface area contributed by atoms with Crippen molar-refractivity contribution < 1.29 is 44.7 Å². The number of rotatable bonds is 6. The lowest BCUT2D eigenvalue weighted by molar-refractivity contribution is -0.122.